The molecule has 3 aromatic rings. The van der Waals surface area contributed by atoms with Crippen LogP contribution < -0.4 is 9.62 Å². The Morgan fingerprint density at radius 1 is 0.838 bits per heavy atom. The lowest BCUT2D eigenvalue weighted by Crippen LogP contribution is -2.55. The van der Waals surface area contributed by atoms with Crippen LogP contribution in [0.4, 0.5) is 5.69 Å². The van der Waals surface area contributed by atoms with Crippen LogP contribution >= 0.6 is 0 Å². The maximum atomic E-state index is 13.8. The summed E-state index contributed by atoms with van der Waals surface area (Å²) in [4.78, 5) is 18.1. The molecule has 1 heterocycles. The van der Waals surface area contributed by atoms with Gasteiger partial charge in [0, 0.05) is 31.9 Å². The second-order valence-corrected chi connectivity index (χ2v) is 11.8. The van der Waals surface area contributed by atoms with E-state index in [0.29, 0.717) is 43.7 Å². The maximum Gasteiger partial charge on any atom is 0.241 e. The first-order valence-electron chi connectivity index (χ1n) is 12.8. The van der Waals surface area contributed by atoms with E-state index >= 15 is 0 Å². The van der Waals surface area contributed by atoms with E-state index in [2.05, 4.69) is 41.7 Å². The van der Waals surface area contributed by atoms with Crippen molar-refractivity contribution in [2.45, 2.75) is 52.0 Å². The smallest absolute Gasteiger partial charge is 0.241 e. The Morgan fingerprint density at radius 3 is 2.08 bits per heavy atom. The van der Waals surface area contributed by atoms with Crippen LogP contribution in [0.15, 0.2) is 65.6 Å². The lowest BCUT2D eigenvalue weighted by atomic mass is 10.0. The Kier molecular flexibility index (Phi) is 8.05. The van der Waals surface area contributed by atoms with Crippen LogP contribution in [0.1, 0.15) is 33.4 Å². The molecule has 0 bridgehead atoms. The number of hydrogen-bond donors (Lipinski definition) is 1. The number of aryl methyl sites for hydroxylation is 4. The zero-order valence-electron chi connectivity index (χ0n) is 22.4. The molecule has 1 saturated heterocycles. The summed E-state index contributed by atoms with van der Waals surface area (Å²) in [7, 11) is -3.91. The van der Waals surface area contributed by atoms with Crippen LogP contribution in [0.25, 0.3) is 0 Å². The Labute approximate surface area is 221 Å². The topological polar surface area (TPSA) is 69.7 Å². The normalized spacial score (nSPS) is 15.1. The summed E-state index contributed by atoms with van der Waals surface area (Å²) in [6.07, 6.45) is 0.292. The lowest BCUT2D eigenvalue weighted by Gasteiger charge is -2.38. The molecule has 1 aliphatic rings. The van der Waals surface area contributed by atoms with Gasteiger partial charge in [-0.2, -0.15) is 4.72 Å². The van der Waals surface area contributed by atoms with Crippen LogP contribution in [-0.2, 0) is 21.2 Å². The summed E-state index contributed by atoms with van der Waals surface area (Å²) in [5, 5.41) is 0. The molecule has 1 aliphatic heterocycles. The predicted octanol–water partition coefficient (Wildman–Crippen LogP) is 4.47. The van der Waals surface area contributed by atoms with Crippen molar-refractivity contribution in [3.63, 3.8) is 0 Å². The van der Waals surface area contributed by atoms with Crippen LogP contribution in [-0.4, -0.2) is 51.4 Å². The van der Waals surface area contributed by atoms with Gasteiger partial charge in [0.15, 0.2) is 0 Å². The van der Waals surface area contributed by atoms with Crippen molar-refractivity contribution in [2.24, 2.45) is 0 Å². The maximum absolute atomic E-state index is 13.8. The highest BCUT2D eigenvalue weighted by Gasteiger charge is 2.32. The third kappa shape index (κ3) is 6.05. The van der Waals surface area contributed by atoms with Gasteiger partial charge in [-0.15, -0.1) is 0 Å². The van der Waals surface area contributed by atoms with Crippen molar-refractivity contribution in [2.75, 3.05) is 31.1 Å². The Bertz CT molecular complexity index is 1360. The summed E-state index contributed by atoms with van der Waals surface area (Å²) in [6, 6.07) is 18.7. The van der Waals surface area contributed by atoms with E-state index in [1.165, 1.54) is 16.8 Å². The van der Waals surface area contributed by atoms with Crippen molar-refractivity contribution in [1.82, 2.24) is 9.62 Å². The molecule has 0 radical (unpaired) electrons. The number of piperazine rings is 1. The van der Waals surface area contributed by atoms with E-state index in [4.69, 9.17) is 0 Å². The molecule has 4 rings (SSSR count). The van der Waals surface area contributed by atoms with E-state index in [0.717, 1.165) is 11.1 Å². The highest BCUT2D eigenvalue weighted by atomic mass is 32.2. The summed E-state index contributed by atoms with van der Waals surface area (Å²) >= 11 is 0. The minimum absolute atomic E-state index is 0.185. The van der Waals surface area contributed by atoms with Crippen molar-refractivity contribution in [1.29, 1.82) is 0 Å². The number of benzene rings is 3. The molecule has 1 fully saturated rings. The molecule has 1 atom stereocenters. The van der Waals surface area contributed by atoms with E-state index in [9.17, 15) is 13.2 Å². The van der Waals surface area contributed by atoms with Gasteiger partial charge < -0.3 is 9.80 Å². The third-order valence-electron chi connectivity index (χ3n) is 7.26. The predicted molar refractivity (Wildman–Crippen MR) is 150 cm³/mol. The minimum atomic E-state index is -3.91. The molecular weight excluding hydrogens is 482 g/mol. The number of nitrogens with one attached hydrogen (secondary N) is 1. The molecule has 6 nitrogen and oxygen atoms in total. The molecular formula is C30H37N3O3S. The number of hydrogen-bond acceptors (Lipinski definition) is 4. The molecule has 37 heavy (non-hydrogen) atoms. The molecule has 0 aromatic heterocycles. The standard InChI is InChI=1S/C30H37N3O3S/c1-21-18-23(3)29(24(4)19-21)37(35,36)31-27(20-26-11-7-6-8-12-26)30(34)33-16-14-32(15-17-33)28-13-9-10-22(2)25(28)5/h6-13,18-19,27,31H,14-17,20H2,1-5H3. The van der Waals surface area contributed by atoms with Gasteiger partial charge in [-0.25, -0.2) is 8.42 Å². The zero-order chi connectivity index (χ0) is 26.7. The Hall–Kier alpha value is -3.16. The highest BCUT2D eigenvalue weighted by Crippen LogP contribution is 2.25. The summed E-state index contributed by atoms with van der Waals surface area (Å²) in [6.45, 7) is 12.3. The van der Waals surface area contributed by atoms with Gasteiger partial charge in [0.05, 0.1) is 4.90 Å². The molecule has 0 aliphatic carbocycles. The lowest BCUT2D eigenvalue weighted by molar-refractivity contribution is -0.133. The van der Waals surface area contributed by atoms with E-state index < -0.39 is 16.1 Å². The third-order valence-corrected chi connectivity index (χ3v) is 9.04. The summed E-state index contributed by atoms with van der Waals surface area (Å²) in [5.74, 6) is -0.185. The zero-order valence-corrected chi connectivity index (χ0v) is 23.2. The quantitative estimate of drug-likeness (QED) is 0.500. The first kappa shape index (κ1) is 26.9. The average molecular weight is 520 g/mol. The molecule has 7 heteroatoms. The van der Waals surface area contributed by atoms with Gasteiger partial charge in [-0.05, 0) is 74.9 Å². The second kappa shape index (κ2) is 11.1. The van der Waals surface area contributed by atoms with Gasteiger partial charge in [-0.3, -0.25) is 4.79 Å². The van der Waals surface area contributed by atoms with Crippen LogP contribution in [0.5, 0.6) is 0 Å². The number of carbonyl (C=O) groups excluding carboxylic acids is 1. The number of carbonyl (C=O) groups is 1. The average Bonchev–Trinajstić information content (AvgIpc) is 2.84. The number of nitrogens with zero attached hydrogens (tertiary/aromatic N) is 2. The van der Waals surface area contributed by atoms with Gasteiger partial charge >= 0.3 is 0 Å². The van der Waals surface area contributed by atoms with Crippen LogP contribution in [0, 0.1) is 34.6 Å². The van der Waals surface area contributed by atoms with Crippen molar-refractivity contribution in [3.8, 4) is 0 Å². The summed E-state index contributed by atoms with van der Waals surface area (Å²) < 4.78 is 30.0. The second-order valence-electron chi connectivity index (χ2n) is 10.1. The first-order chi connectivity index (χ1) is 17.6. The Morgan fingerprint density at radius 2 is 1.46 bits per heavy atom. The molecule has 0 saturated carbocycles. The van der Waals surface area contributed by atoms with Crippen molar-refractivity contribution in [3.05, 3.63) is 94.0 Å². The highest BCUT2D eigenvalue weighted by molar-refractivity contribution is 7.89. The van der Waals surface area contributed by atoms with E-state index in [1.807, 2.05) is 49.4 Å². The largest absolute Gasteiger partial charge is 0.368 e. The number of rotatable bonds is 7. The van der Waals surface area contributed by atoms with Crippen LogP contribution in [0.3, 0.4) is 0 Å². The fourth-order valence-electron chi connectivity index (χ4n) is 5.33. The van der Waals surface area contributed by atoms with Crippen LogP contribution in [0.2, 0.25) is 0 Å². The fourth-order valence-corrected chi connectivity index (χ4v) is 6.97. The van der Waals surface area contributed by atoms with Gasteiger partial charge in [0.2, 0.25) is 15.9 Å². The number of sulfonamides is 1. The fraction of sp³-hybridized carbons (Fsp3) is 0.367. The SMILES string of the molecule is Cc1cc(C)c(S(=O)(=O)NC(Cc2ccccc2)C(=O)N2CCN(c3cccc(C)c3C)CC2)c(C)c1. The molecule has 1 N–H and O–H groups in total. The molecule has 0 spiro atoms. The van der Waals surface area contributed by atoms with E-state index in [-0.39, 0.29) is 10.8 Å². The first-order valence-corrected chi connectivity index (χ1v) is 14.3. The monoisotopic (exact) mass is 519 g/mol. The minimum Gasteiger partial charge on any atom is -0.368 e. The van der Waals surface area contributed by atoms with Gasteiger partial charge in [-0.1, -0.05) is 60.2 Å². The molecule has 196 valence electrons. The number of amides is 1. The Balaban J connectivity index is 1.56. The molecule has 1 unspecified atom stereocenters. The van der Waals surface area contributed by atoms with Gasteiger partial charge in [0.1, 0.15) is 6.04 Å². The van der Waals surface area contributed by atoms with Gasteiger partial charge in [0.25, 0.3) is 0 Å². The molecule has 1 amide bonds. The molecule has 3 aromatic carbocycles. The van der Waals surface area contributed by atoms with Crippen molar-refractivity contribution < 1.29 is 13.2 Å². The summed E-state index contributed by atoms with van der Waals surface area (Å²) in [5.41, 5.74) is 6.97. The van der Waals surface area contributed by atoms with Crippen molar-refractivity contribution >= 4 is 21.6 Å². The number of anilines is 1. The van der Waals surface area contributed by atoms with E-state index in [1.54, 1.807) is 18.7 Å².